The number of aromatic amines is 1. The van der Waals surface area contributed by atoms with Gasteiger partial charge < -0.3 is 70.4 Å². The van der Waals surface area contributed by atoms with Crippen molar-refractivity contribution in [3.8, 4) is 0 Å². The van der Waals surface area contributed by atoms with Crippen LogP contribution >= 0.6 is 0 Å². The third-order valence-corrected chi connectivity index (χ3v) is 10.5. The van der Waals surface area contributed by atoms with Crippen LogP contribution in [0.3, 0.4) is 0 Å². The summed E-state index contributed by atoms with van der Waals surface area (Å²) >= 11 is 0. The van der Waals surface area contributed by atoms with Gasteiger partial charge >= 0.3 is 5.69 Å². The van der Waals surface area contributed by atoms with E-state index in [9.17, 15) is 60.0 Å². The second-order valence-corrected chi connectivity index (χ2v) is 15.4. The van der Waals surface area contributed by atoms with Gasteiger partial charge in [-0.05, 0) is 24.8 Å². The molecule has 0 saturated carbocycles. The number of carbonyl (C=O) groups is 2. The molecule has 0 spiro atoms. The first-order chi connectivity index (χ1) is 27.0. The van der Waals surface area contributed by atoms with Gasteiger partial charge in [-0.25, -0.2) is 4.79 Å². The third kappa shape index (κ3) is 12.4. The number of hydrogen-bond acceptors (Lipinski definition) is 16. The van der Waals surface area contributed by atoms with Crippen LogP contribution < -0.4 is 21.9 Å². The Morgan fingerprint density at radius 2 is 1.44 bits per heavy atom. The number of amides is 2. The Kier molecular flexibility index (Phi) is 17.8. The van der Waals surface area contributed by atoms with E-state index in [2.05, 4.69) is 24.5 Å². The van der Waals surface area contributed by atoms with Crippen LogP contribution in [0.4, 0.5) is 0 Å². The van der Waals surface area contributed by atoms with Crippen LogP contribution in [-0.2, 0) is 28.5 Å². The fraction of sp³-hybridized carbons (Fsp3) is 0.784. The number of aromatic nitrogens is 2. The summed E-state index contributed by atoms with van der Waals surface area (Å²) in [6.07, 6.45) is -10.3. The lowest BCUT2D eigenvalue weighted by molar-refractivity contribution is -0.346. The Morgan fingerprint density at radius 3 is 2.05 bits per heavy atom. The molecular weight excluding hydrogens is 756 g/mol. The molecule has 20 heteroatoms. The number of H-pyrrole nitrogens is 1. The van der Waals surface area contributed by atoms with Crippen molar-refractivity contribution in [2.45, 2.75) is 170 Å². The number of hydrogen-bond donors (Lipinski definition) is 11. The number of rotatable bonds is 19. The van der Waals surface area contributed by atoms with E-state index in [0.717, 1.165) is 49.4 Å². The molecule has 0 aliphatic carbocycles. The fourth-order valence-corrected chi connectivity index (χ4v) is 7.27. The van der Waals surface area contributed by atoms with Gasteiger partial charge in [0.15, 0.2) is 18.8 Å². The summed E-state index contributed by atoms with van der Waals surface area (Å²) in [6.45, 7) is 4.75. The van der Waals surface area contributed by atoms with Gasteiger partial charge in [0.1, 0.15) is 60.9 Å². The second-order valence-electron chi connectivity index (χ2n) is 15.4. The predicted octanol–water partition coefficient (Wildman–Crippen LogP) is -2.87. The van der Waals surface area contributed by atoms with Crippen molar-refractivity contribution in [3.63, 3.8) is 0 Å². The summed E-state index contributed by atoms with van der Waals surface area (Å²) in [6, 6.07) is -2.01. The van der Waals surface area contributed by atoms with E-state index in [1.54, 1.807) is 6.08 Å². The zero-order valence-electron chi connectivity index (χ0n) is 32.4. The average molecular weight is 817 g/mol. The molecule has 4 rings (SSSR count). The Morgan fingerprint density at radius 1 is 0.842 bits per heavy atom. The summed E-state index contributed by atoms with van der Waals surface area (Å²) < 4.78 is 24.1. The Hall–Kier alpha value is -3.12. The molecule has 3 aliphatic rings. The van der Waals surface area contributed by atoms with Gasteiger partial charge in [0.2, 0.25) is 11.8 Å². The van der Waals surface area contributed by atoms with E-state index in [1.807, 2.05) is 4.98 Å². The van der Waals surface area contributed by atoms with E-state index in [1.165, 1.54) is 25.3 Å². The van der Waals surface area contributed by atoms with E-state index >= 15 is 0 Å². The first-order valence-corrected chi connectivity index (χ1v) is 19.6. The highest BCUT2D eigenvalue weighted by Gasteiger charge is 2.53. The summed E-state index contributed by atoms with van der Waals surface area (Å²) in [5, 5.41) is 91.3. The normalized spacial score (nSPS) is 35.1. The lowest BCUT2D eigenvalue weighted by Crippen LogP contribution is -2.68. The number of unbranched alkanes of at least 4 members (excludes halogenated alkanes) is 6. The van der Waals surface area contributed by atoms with E-state index < -0.39 is 128 Å². The summed E-state index contributed by atoms with van der Waals surface area (Å²) in [7, 11) is 0. The van der Waals surface area contributed by atoms with Crippen molar-refractivity contribution in [1.82, 2.24) is 20.2 Å². The summed E-state index contributed by atoms with van der Waals surface area (Å²) in [5.41, 5.74) is -1.68. The van der Waals surface area contributed by atoms with E-state index in [-0.39, 0.29) is 0 Å². The highest BCUT2D eigenvalue weighted by Crippen LogP contribution is 2.34. The molecule has 1 aromatic heterocycles. The SMILES string of the molecule is CC(=O)NC1C(OC2OC(C[C@@H](O)C3OC(n4ccc(=O)[nH]c4=O)C(O)C3O)C(O)C(O)C2NC(=O)/C=C/CCCCCCCCC(C)C)OC(CO)C(O)C1O. The van der Waals surface area contributed by atoms with Gasteiger partial charge in [0, 0.05) is 25.6 Å². The van der Waals surface area contributed by atoms with Gasteiger partial charge in [-0.1, -0.05) is 58.4 Å². The minimum Gasteiger partial charge on any atom is -0.394 e. The quantitative estimate of drug-likeness (QED) is 0.0494. The van der Waals surface area contributed by atoms with E-state index in [4.69, 9.17) is 18.9 Å². The number of nitrogens with one attached hydrogen (secondary N) is 3. The highest BCUT2D eigenvalue weighted by atomic mass is 16.8. The molecule has 4 heterocycles. The standard InChI is InChI=1S/C37H60N4O16/c1-18(2)12-10-8-6-4-5-7-9-11-13-23(45)39-26-30(50)27(47)21(54-36(26)57-35-25(38-19(3)43)29(49)28(48)22(17-42)55-35)16-20(44)33-31(51)32(52)34(56-33)41-15-14-24(46)40-37(41)53/h11,13-15,18,20-22,25-36,42,44,47-52H,4-10,12,16-17H2,1-3H3,(H,38,43)(H,39,45)(H,40,46,53)/b13-11+/t20-,21?,22?,25?,26?,27?,28?,29?,30?,31?,32?,33?,34?,35?,36?/m1/s1. The van der Waals surface area contributed by atoms with Gasteiger partial charge in [0.05, 0.1) is 18.8 Å². The van der Waals surface area contributed by atoms with Crippen LogP contribution in [0.25, 0.3) is 0 Å². The molecule has 2 amide bonds. The topological polar surface area (TPSA) is 312 Å². The van der Waals surface area contributed by atoms with Crippen LogP contribution in [0, 0.1) is 5.92 Å². The monoisotopic (exact) mass is 816 g/mol. The van der Waals surface area contributed by atoms with Crippen LogP contribution in [0.1, 0.15) is 84.8 Å². The van der Waals surface area contributed by atoms with E-state index in [0.29, 0.717) is 12.3 Å². The highest BCUT2D eigenvalue weighted by molar-refractivity contribution is 5.87. The maximum Gasteiger partial charge on any atom is 0.330 e. The third-order valence-electron chi connectivity index (χ3n) is 10.5. The van der Waals surface area contributed by atoms with Crippen LogP contribution in [0.5, 0.6) is 0 Å². The Balaban J connectivity index is 1.48. The van der Waals surface area contributed by atoms with Crippen molar-refractivity contribution in [2.75, 3.05) is 6.61 Å². The smallest absolute Gasteiger partial charge is 0.330 e. The number of carbonyl (C=O) groups excluding carboxylic acids is 2. The number of aliphatic hydroxyl groups excluding tert-OH is 8. The zero-order chi connectivity index (χ0) is 42.0. The summed E-state index contributed by atoms with van der Waals surface area (Å²) in [5.74, 6) is -0.665. The van der Waals surface area contributed by atoms with Gasteiger partial charge in [-0.15, -0.1) is 0 Å². The minimum absolute atomic E-state index is 0.598. The lowest BCUT2D eigenvalue weighted by Gasteiger charge is -2.47. The first kappa shape index (κ1) is 46.6. The predicted molar refractivity (Wildman–Crippen MR) is 198 cm³/mol. The molecule has 11 N–H and O–H groups in total. The molecule has 0 radical (unpaired) electrons. The van der Waals surface area contributed by atoms with Crippen molar-refractivity contribution in [2.24, 2.45) is 5.92 Å². The van der Waals surface area contributed by atoms with Gasteiger partial charge in [-0.2, -0.15) is 0 Å². The van der Waals surface area contributed by atoms with Crippen molar-refractivity contribution < 1.29 is 69.4 Å². The summed E-state index contributed by atoms with van der Waals surface area (Å²) in [4.78, 5) is 51.0. The average Bonchev–Trinajstić information content (AvgIpc) is 3.45. The van der Waals surface area contributed by atoms with Gasteiger partial charge in [-0.3, -0.25) is 23.9 Å². The fourth-order valence-electron chi connectivity index (χ4n) is 7.27. The zero-order valence-corrected chi connectivity index (χ0v) is 32.4. The number of ether oxygens (including phenoxy) is 4. The number of nitrogens with zero attached hydrogens (tertiary/aromatic N) is 1. The molecular formula is C37H60N4O16. The molecule has 3 saturated heterocycles. The second kappa shape index (κ2) is 21.8. The molecule has 20 nitrogen and oxygen atoms in total. The molecule has 14 unspecified atom stereocenters. The Bertz CT molecular complexity index is 1570. The van der Waals surface area contributed by atoms with Gasteiger partial charge in [0.25, 0.3) is 5.56 Å². The maximum atomic E-state index is 13.1. The molecule has 57 heavy (non-hydrogen) atoms. The molecule has 15 atom stereocenters. The minimum atomic E-state index is -1.85. The van der Waals surface area contributed by atoms with Crippen molar-refractivity contribution in [1.29, 1.82) is 0 Å². The van der Waals surface area contributed by atoms with Crippen molar-refractivity contribution >= 4 is 11.8 Å². The van der Waals surface area contributed by atoms with Crippen molar-refractivity contribution in [3.05, 3.63) is 45.3 Å². The molecule has 3 fully saturated rings. The lowest BCUT2D eigenvalue weighted by atomic mass is 9.91. The molecule has 3 aliphatic heterocycles. The molecule has 0 bridgehead atoms. The number of aliphatic hydroxyl groups is 8. The maximum absolute atomic E-state index is 13.1. The van der Waals surface area contributed by atoms with Crippen LogP contribution in [-0.4, -0.2) is 155 Å². The molecule has 324 valence electrons. The molecule has 0 aromatic carbocycles. The van der Waals surface area contributed by atoms with Crippen LogP contribution in [0.2, 0.25) is 0 Å². The largest absolute Gasteiger partial charge is 0.394 e. The van der Waals surface area contributed by atoms with Crippen LogP contribution in [0.15, 0.2) is 34.0 Å². The molecule has 1 aromatic rings. The Labute approximate surface area is 329 Å². The first-order valence-electron chi connectivity index (χ1n) is 19.6. The number of allylic oxidation sites excluding steroid dienone is 1.